The van der Waals surface area contributed by atoms with E-state index in [0.29, 0.717) is 17.0 Å². The fourth-order valence-electron chi connectivity index (χ4n) is 2.57. The Morgan fingerprint density at radius 3 is 2.31 bits per heavy atom. The van der Waals surface area contributed by atoms with Gasteiger partial charge in [-0.15, -0.1) is 0 Å². The molecule has 1 atom stereocenters. The number of hydrogen-bond acceptors (Lipinski definition) is 6. The summed E-state index contributed by atoms with van der Waals surface area (Å²) < 4.78 is 10.5. The second kappa shape index (κ2) is 10.6. The lowest BCUT2D eigenvalue weighted by Gasteiger charge is -2.25. The van der Waals surface area contributed by atoms with Crippen LogP contribution >= 0.6 is 0 Å². The standard InChI is InChI=1S/C22H22N2O5/c1-16(25)18-9-11-20(12-10-18)28-15-21(26)29-17(2)22(27)24(14-6-13-23)19-7-4-3-5-8-19/h3-5,7-12,17H,6,14-15H2,1-2H3. The van der Waals surface area contributed by atoms with Gasteiger partial charge >= 0.3 is 5.97 Å². The van der Waals surface area contributed by atoms with Crippen molar-refractivity contribution in [2.45, 2.75) is 26.4 Å². The van der Waals surface area contributed by atoms with Crippen LogP contribution in [0.1, 0.15) is 30.6 Å². The van der Waals surface area contributed by atoms with Crippen LogP contribution in [0.2, 0.25) is 0 Å². The first kappa shape index (κ1) is 21.6. The van der Waals surface area contributed by atoms with Crippen molar-refractivity contribution in [3.63, 3.8) is 0 Å². The molecule has 0 saturated heterocycles. The van der Waals surface area contributed by atoms with Crippen molar-refractivity contribution in [2.75, 3.05) is 18.1 Å². The van der Waals surface area contributed by atoms with E-state index in [-0.39, 0.29) is 25.4 Å². The SMILES string of the molecule is CC(=O)c1ccc(OCC(=O)OC(C)C(=O)N(CCC#N)c2ccccc2)cc1. The third-order valence-electron chi connectivity index (χ3n) is 4.05. The number of Topliss-reactive ketones (excluding diaryl/α,β-unsaturated/α-hetero) is 1. The number of carbonyl (C=O) groups is 3. The van der Waals surface area contributed by atoms with Crippen LogP contribution in [0.25, 0.3) is 0 Å². The van der Waals surface area contributed by atoms with Crippen LogP contribution in [0.3, 0.4) is 0 Å². The molecule has 2 aromatic rings. The van der Waals surface area contributed by atoms with Gasteiger partial charge in [0, 0.05) is 17.8 Å². The first-order valence-electron chi connectivity index (χ1n) is 9.09. The molecule has 29 heavy (non-hydrogen) atoms. The second-order valence-corrected chi connectivity index (χ2v) is 6.23. The van der Waals surface area contributed by atoms with Gasteiger partial charge in [0.15, 0.2) is 18.5 Å². The number of para-hydroxylation sites is 1. The molecular formula is C22H22N2O5. The predicted octanol–water partition coefficient (Wildman–Crippen LogP) is 3.15. The van der Waals surface area contributed by atoms with E-state index in [2.05, 4.69) is 0 Å². The highest BCUT2D eigenvalue weighted by Gasteiger charge is 2.25. The smallest absolute Gasteiger partial charge is 0.344 e. The number of carbonyl (C=O) groups excluding carboxylic acids is 3. The first-order valence-corrected chi connectivity index (χ1v) is 9.09. The summed E-state index contributed by atoms with van der Waals surface area (Å²) in [6.07, 6.45) is -0.884. The summed E-state index contributed by atoms with van der Waals surface area (Å²) in [6.45, 7) is 2.76. The molecule has 0 spiro atoms. The zero-order chi connectivity index (χ0) is 21.2. The number of esters is 1. The lowest BCUT2D eigenvalue weighted by atomic mass is 10.1. The Labute approximate surface area is 169 Å². The average Bonchev–Trinajstić information content (AvgIpc) is 2.73. The molecule has 0 bridgehead atoms. The fraction of sp³-hybridized carbons (Fsp3) is 0.273. The Bertz CT molecular complexity index is 888. The van der Waals surface area contributed by atoms with Gasteiger partial charge in [0.25, 0.3) is 5.91 Å². The van der Waals surface area contributed by atoms with Crippen LogP contribution in [-0.4, -0.2) is 36.9 Å². The average molecular weight is 394 g/mol. The van der Waals surface area contributed by atoms with Gasteiger partial charge < -0.3 is 14.4 Å². The molecule has 0 aliphatic carbocycles. The van der Waals surface area contributed by atoms with Gasteiger partial charge in [0.2, 0.25) is 0 Å². The molecule has 0 radical (unpaired) electrons. The molecule has 0 heterocycles. The predicted molar refractivity (Wildman–Crippen MR) is 107 cm³/mol. The van der Waals surface area contributed by atoms with E-state index in [4.69, 9.17) is 14.7 Å². The number of hydrogen-bond donors (Lipinski definition) is 0. The summed E-state index contributed by atoms with van der Waals surface area (Å²) in [4.78, 5) is 37.5. The Kier molecular flexibility index (Phi) is 7.92. The lowest BCUT2D eigenvalue weighted by molar-refractivity contribution is -0.155. The number of amides is 1. The summed E-state index contributed by atoms with van der Waals surface area (Å²) in [7, 11) is 0. The molecule has 7 heteroatoms. The highest BCUT2D eigenvalue weighted by molar-refractivity contribution is 5.97. The molecule has 0 fully saturated rings. The van der Waals surface area contributed by atoms with Crippen LogP contribution in [0, 0.1) is 11.3 Å². The summed E-state index contributed by atoms with van der Waals surface area (Å²) >= 11 is 0. The van der Waals surface area contributed by atoms with Crippen LogP contribution in [0.5, 0.6) is 5.75 Å². The Hall–Kier alpha value is -3.66. The van der Waals surface area contributed by atoms with E-state index in [1.165, 1.54) is 18.7 Å². The number of ketones is 1. The Balaban J connectivity index is 1.93. The minimum atomic E-state index is -1.04. The number of nitrogens with zero attached hydrogens (tertiary/aromatic N) is 2. The third-order valence-corrected chi connectivity index (χ3v) is 4.05. The highest BCUT2D eigenvalue weighted by Crippen LogP contribution is 2.16. The normalized spacial score (nSPS) is 11.1. The lowest BCUT2D eigenvalue weighted by Crippen LogP contribution is -2.41. The first-order chi connectivity index (χ1) is 13.9. The summed E-state index contributed by atoms with van der Waals surface area (Å²) in [5.41, 5.74) is 1.16. The molecule has 1 amide bonds. The van der Waals surface area contributed by atoms with E-state index >= 15 is 0 Å². The number of ether oxygens (including phenoxy) is 2. The van der Waals surface area contributed by atoms with Crippen molar-refractivity contribution in [1.82, 2.24) is 0 Å². The van der Waals surface area contributed by atoms with Crippen LogP contribution < -0.4 is 9.64 Å². The van der Waals surface area contributed by atoms with Gasteiger partial charge in [-0.3, -0.25) is 9.59 Å². The van der Waals surface area contributed by atoms with Crippen molar-refractivity contribution in [3.05, 3.63) is 60.2 Å². The number of anilines is 1. The van der Waals surface area contributed by atoms with Gasteiger partial charge in [-0.1, -0.05) is 18.2 Å². The number of nitriles is 1. The van der Waals surface area contributed by atoms with E-state index in [1.54, 1.807) is 48.5 Å². The monoisotopic (exact) mass is 394 g/mol. The van der Waals surface area contributed by atoms with Crippen LogP contribution in [0.4, 0.5) is 5.69 Å². The highest BCUT2D eigenvalue weighted by atomic mass is 16.6. The molecule has 7 nitrogen and oxygen atoms in total. The largest absolute Gasteiger partial charge is 0.482 e. The summed E-state index contributed by atoms with van der Waals surface area (Å²) in [5.74, 6) is -0.783. The van der Waals surface area contributed by atoms with E-state index in [1.807, 2.05) is 12.1 Å². The van der Waals surface area contributed by atoms with Gasteiger partial charge in [-0.25, -0.2) is 4.79 Å². The van der Waals surface area contributed by atoms with Gasteiger partial charge in [-0.2, -0.15) is 5.26 Å². The molecule has 2 aromatic carbocycles. The zero-order valence-corrected chi connectivity index (χ0v) is 16.3. The molecule has 0 saturated carbocycles. The summed E-state index contributed by atoms with van der Waals surface area (Å²) in [6, 6.07) is 17.2. The van der Waals surface area contributed by atoms with E-state index in [9.17, 15) is 14.4 Å². The minimum Gasteiger partial charge on any atom is -0.482 e. The topological polar surface area (TPSA) is 96.7 Å². The molecule has 0 aromatic heterocycles. The maximum absolute atomic E-state index is 12.7. The summed E-state index contributed by atoms with van der Waals surface area (Å²) in [5, 5.41) is 8.85. The Morgan fingerprint density at radius 1 is 1.07 bits per heavy atom. The third kappa shape index (κ3) is 6.47. The number of rotatable bonds is 9. The molecule has 2 rings (SSSR count). The van der Waals surface area contributed by atoms with E-state index < -0.39 is 18.0 Å². The molecule has 1 unspecified atom stereocenters. The van der Waals surface area contributed by atoms with Crippen molar-refractivity contribution in [2.24, 2.45) is 0 Å². The minimum absolute atomic E-state index is 0.0670. The van der Waals surface area contributed by atoms with Crippen molar-refractivity contribution in [1.29, 1.82) is 5.26 Å². The molecule has 0 aliphatic rings. The van der Waals surface area contributed by atoms with Crippen LogP contribution in [-0.2, 0) is 14.3 Å². The Morgan fingerprint density at radius 2 is 1.72 bits per heavy atom. The van der Waals surface area contributed by atoms with Crippen molar-refractivity contribution >= 4 is 23.3 Å². The molecule has 150 valence electrons. The van der Waals surface area contributed by atoms with Gasteiger partial charge in [0.05, 0.1) is 12.5 Å². The number of benzene rings is 2. The van der Waals surface area contributed by atoms with Crippen molar-refractivity contribution < 1.29 is 23.9 Å². The quantitative estimate of drug-likeness (QED) is 0.479. The van der Waals surface area contributed by atoms with E-state index in [0.717, 1.165) is 0 Å². The zero-order valence-electron chi connectivity index (χ0n) is 16.3. The molecule has 0 aliphatic heterocycles. The maximum Gasteiger partial charge on any atom is 0.344 e. The van der Waals surface area contributed by atoms with Gasteiger partial charge in [0.1, 0.15) is 5.75 Å². The van der Waals surface area contributed by atoms with Crippen molar-refractivity contribution in [3.8, 4) is 11.8 Å². The maximum atomic E-state index is 12.7. The second-order valence-electron chi connectivity index (χ2n) is 6.23. The molecule has 0 N–H and O–H groups in total. The fourth-order valence-corrected chi connectivity index (χ4v) is 2.57. The van der Waals surface area contributed by atoms with Crippen LogP contribution in [0.15, 0.2) is 54.6 Å². The van der Waals surface area contributed by atoms with Gasteiger partial charge in [-0.05, 0) is 50.2 Å². The molecular weight excluding hydrogens is 372 g/mol.